The number of nitrogens with one attached hydrogen (secondary N) is 1. The second-order valence-electron chi connectivity index (χ2n) is 5.42. The Labute approximate surface area is 156 Å². The summed E-state index contributed by atoms with van der Waals surface area (Å²) < 4.78 is 16.1. The van der Waals surface area contributed by atoms with E-state index >= 15 is 0 Å². The Morgan fingerprint density at radius 2 is 1.63 bits per heavy atom. The molecule has 10 heteroatoms. The molecule has 0 heterocycles. The predicted octanol–water partition coefficient (Wildman–Crippen LogP) is 1.38. The predicted molar refractivity (Wildman–Crippen MR) is 94.7 cm³/mol. The number of non-ortho nitro benzene ring substituents is 1. The molecule has 1 aromatic carbocycles. The lowest BCUT2D eigenvalue weighted by molar-refractivity contribution is -0.384. The molecule has 0 fully saturated rings. The molecule has 1 aromatic rings. The van der Waals surface area contributed by atoms with Gasteiger partial charge in [-0.25, -0.2) is 0 Å². The molecule has 10 nitrogen and oxygen atoms in total. The molecular weight excluding hydrogens is 360 g/mol. The minimum absolute atomic E-state index is 0.00979. The summed E-state index contributed by atoms with van der Waals surface area (Å²) in [6.07, 6.45) is 0.432. The monoisotopic (exact) mass is 384 g/mol. The molecule has 2 N–H and O–H groups in total. The maximum atomic E-state index is 11.3. The number of nitro groups is 1. The van der Waals surface area contributed by atoms with E-state index in [1.165, 1.54) is 24.3 Å². The van der Waals surface area contributed by atoms with Crippen LogP contribution < -0.4 is 10.1 Å². The van der Waals surface area contributed by atoms with E-state index in [2.05, 4.69) is 5.32 Å². The smallest absolute Gasteiger partial charge is 0.303 e. The van der Waals surface area contributed by atoms with Gasteiger partial charge in [0.15, 0.2) is 0 Å². The second-order valence-corrected chi connectivity index (χ2v) is 5.42. The van der Waals surface area contributed by atoms with Gasteiger partial charge in [0.2, 0.25) is 5.91 Å². The molecule has 1 amide bonds. The maximum absolute atomic E-state index is 11.3. The minimum Gasteiger partial charge on any atom is -0.491 e. The summed E-state index contributed by atoms with van der Waals surface area (Å²) in [4.78, 5) is 31.6. The third-order valence-electron chi connectivity index (χ3n) is 3.27. The van der Waals surface area contributed by atoms with Crippen LogP contribution in [0.1, 0.15) is 19.3 Å². The Morgan fingerprint density at radius 3 is 2.26 bits per heavy atom. The zero-order valence-electron chi connectivity index (χ0n) is 14.9. The molecule has 0 saturated heterocycles. The van der Waals surface area contributed by atoms with E-state index in [4.69, 9.17) is 19.3 Å². The first kappa shape index (κ1) is 22.3. The van der Waals surface area contributed by atoms with Gasteiger partial charge in [0.1, 0.15) is 12.4 Å². The largest absolute Gasteiger partial charge is 0.491 e. The Kier molecular flexibility index (Phi) is 11.1. The van der Waals surface area contributed by atoms with Crippen LogP contribution in [0.2, 0.25) is 0 Å². The van der Waals surface area contributed by atoms with Crippen molar-refractivity contribution in [2.45, 2.75) is 19.3 Å². The fourth-order valence-corrected chi connectivity index (χ4v) is 1.92. The summed E-state index contributed by atoms with van der Waals surface area (Å²) in [7, 11) is 0. The summed E-state index contributed by atoms with van der Waals surface area (Å²) in [5, 5.41) is 21.6. The number of nitrogens with zero attached hydrogens (tertiary/aromatic N) is 1. The summed E-state index contributed by atoms with van der Waals surface area (Å²) >= 11 is 0. The molecule has 0 radical (unpaired) electrons. The molecule has 0 aliphatic rings. The fraction of sp³-hybridized carbons (Fsp3) is 0.529. The highest BCUT2D eigenvalue weighted by Crippen LogP contribution is 2.16. The van der Waals surface area contributed by atoms with Crippen LogP contribution in [0, 0.1) is 10.1 Å². The number of rotatable bonds is 15. The Bertz CT molecular complexity index is 591. The van der Waals surface area contributed by atoms with E-state index < -0.39 is 10.9 Å². The van der Waals surface area contributed by atoms with Gasteiger partial charge in [0.05, 0.1) is 31.2 Å². The van der Waals surface area contributed by atoms with Crippen molar-refractivity contribution in [3.63, 3.8) is 0 Å². The van der Waals surface area contributed by atoms with E-state index in [1.54, 1.807) is 0 Å². The van der Waals surface area contributed by atoms with Crippen molar-refractivity contribution in [1.82, 2.24) is 5.32 Å². The normalized spacial score (nSPS) is 10.4. The first-order valence-corrected chi connectivity index (χ1v) is 8.50. The first-order chi connectivity index (χ1) is 13.0. The van der Waals surface area contributed by atoms with Crippen LogP contribution in [0.4, 0.5) is 5.69 Å². The summed E-state index contributed by atoms with van der Waals surface area (Å²) in [5.74, 6) is -0.744. The van der Waals surface area contributed by atoms with E-state index in [0.717, 1.165) is 0 Å². The molecule has 0 aliphatic heterocycles. The van der Waals surface area contributed by atoms with Crippen molar-refractivity contribution >= 4 is 17.6 Å². The van der Waals surface area contributed by atoms with Gasteiger partial charge in [0, 0.05) is 31.7 Å². The molecule has 0 spiro atoms. The van der Waals surface area contributed by atoms with Gasteiger partial charge >= 0.3 is 5.97 Å². The summed E-state index contributed by atoms with van der Waals surface area (Å²) in [5.41, 5.74) is 0.00979. The van der Waals surface area contributed by atoms with Crippen LogP contribution >= 0.6 is 0 Å². The Balaban J connectivity index is 1.89. The molecule has 0 atom stereocenters. The molecule has 27 heavy (non-hydrogen) atoms. The highest BCUT2D eigenvalue weighted by atomic mass is 16.6. The third kappa shape index (κ3) is 11.5. The van der Waals surface area contributed by atoms with Crippen molar-refractivity contribution in [3.8, 4) is 5.75 Å². The molecule has 0 aliphatic carbocycles. The van der Waals surface area contributed by atoms with Crippen molar-refractivity contribution < 1.29 is 33.8 Å². The Morgan fingerprint density at radius 1 is 1.00 bits per heavy atom. The van der Waals surface area contributed by atoms with E-state index in [9.17, 15) is 19.7 Å². The Hall–Kier alpha value is -2.72. The average molecular weight is 384 g/mol. The number of amides is 1. The topological polar surface area (TPSA) is 137 Å². The zero-order chi connectivity index (χ0) is 19.9. The zero-order valence-corrected chi connectivity index (χ0v) is 14.9. The number of benzene rings is 1. The number of nitro benzene ring substituents is 1. The lowest BCUT2D eigenvalue weighted by Crippen LogP contribution is -2.25. The van der Waals surface area contributed by atoms with Gasteiger partial charge in [-0.3, -0.25) is 19.7 Å². The van der Waals surface area contributed by atoms with E-state index in [1.807, 2.05) is 0 Å². The van der Waals surface area contributed by atoms with Crippen molar-refractivity contribution in [2.24, 2.45) is 0 Å². The number of ether oxygens (including phenoxy) is 3. The average Bonchev–Trinajstić information content (AvgIpc) is 2.64. The van der Waals surface area contributed by atoms with Crippen LogP contribution in [0.3, 0.4) is 0 Å². The molecule has 0 unspecified atom stereocenters. The SMILES string of the molecule is O=C(O)CCC(=O)NCCCOCCOCCOc1ccc([N+](=O)[O-])cc1. The number of carbonyl (C=O) groups is 2. The van der Waals surface area contributed by atoms with Crippen molar-refractivity contribution in [2.75, 3.05) is 39.6 Å². The quantitative estimate of drug-likeness (QED) is 0.263. The van der Waals surface area contributed by atoms with E-state index in [-0.39, 0.29) is 24.4 Å². The lowest BCUT2D eigenvalue weighted by atomic mass is 10.3. The van der Waals surface area contributed by atoms with Crippen LogP contribution in [0.25, 0.3) is 0 Å². The number of carboxylic acids is 1. The highest BCUT2D eigenvalue weighted by molar-refractivity contribution is 5.80. The number of carboxylic acid groups (broad SMARTS) is 1. The number of aliphatic carboxylic acids is 1. The molecule has 0 aromatic heterocycles. The van der Waals surface area contributed by atoms with Crippen LogP contribution in [-0.2, 0) is 19.1 Å². The van der Waals surface area contributed by atoms with Crippen molar-refractivity contribution in [1.29, 1.82) is 0 Å². The highest BCUT2D eigenvalue weighted by Gasteiger charge is 2.05. The molecule has 150 valence electrons. The van der Waals surface area contributed by atoms with Crippen LogP contribution in [0.15, 0.2) is 24.3 Å². The number of hydrogen-bond donors (Lipinski definition) is 2. The first-order valence-electron chi connectivity index (χ1n) is 8.50. The summed E-state index contributed by atoms with van der Waals surface area (Å²) in [6, 6.07) is 5.81. The third-order valence-corrected chi connectivity index (χ3v) is 3.27. The van der Waals surface area contributed by atoms with Gasteiger partial charge in [-0.1, -0.05) is 0 Å². The van der Waals surface area contributed by atoms with Gasteiger partial charge in [-0.2, -0.15) is 0 Å². The molecule has 0 bridgehead atoms. The standard InChI is InChI=1S/C17H24N2O8/c20-16(6-7-17(21)22)18-8-1-9-25-10-11-26-12-13-27-15-4-2-14(3-5-15)19(23)24/h2-5H,1,6-13H2,(H,18,20)(H,21,22). The fourth-order valence-electron chi connectivity index (χ4n) is 1.92. The molecular formula is C17H24N2O8. The van der Waals surface area contributed by atoms with Gasteiger partial charge in [-0.05, 0) is 18.6 Å². The number of hydrogen-bond acceptors (Lipinski definition) is 7. The summed E-state index contributed by atoms with van der Waals surface area (Å²) in [6.45, 7) is 2.38. The van der Waals surface area contributed by atoms with E-state index in [0.29, 0.717) is 51.7 Å². The van der Waals surface area contributed by atoms with Crippen LogP contribution in [0.5, 0.6) is 5.75 Å². The molecule has 0 saturated carbocycles. The minimum atomic E-state index is -0.994. The van der Waals surface area contributed by atoms with Gasteiger partial charge in [-0.15, -0.1) is 0 Å². The van der Waals surface area contributed by atoms with Crippen molar-refractivity contribution in [3.05, 3.63) is 34.4 Å². The van der Waals surface area contributed by atoms with Gasteiger partial charge < -0.3 is 24.6 Å². The maximum Gasteiger partial charge on any atom is 0.303 e. The second kappa shape index (κ2) is 13.5. The number of carbonyl (C=O) groups excluding carboxylic acids is 1. The van der Waals surface area contributed by atoms with Crippen LogP contribution in [-0.4, -0.2) is 61.5 Å². The lowest BCUT2D eigenvalue weighted by Gasteiger charge is -2.08. The van der Waals surface area contributed by atoms with Gasteiger partial charge in [0.25, 0.3) is 5.69 Å². The molecule has 1 rings (SSSR count).